The van der Waals surface area contributed by atoms with Crippen molar-refractivity contribution in [1.82, 2.24) is 10.2 Å². The highest BCUT2D eigenvalue weighted by Gasteiger charge is 2.32. The summed E-state index contributed by atoms with van der Waals surface area (Å²) >= 11 is 0. The second kappa shape index (κ2) is 8.96. The number of ether oxygens (including phenoxy) is 3. The average Bonchev–Trinajstić information content (AvgIpc) is 2.75. The van der Waals surface area contributed by atoms with E-state index >= 15 is 0 Å². The smallest absolute Gasteiger partial charge is 0.328 e. The monoisotopic (exact) mass is 398 g/mol. The number of nitrogens with zero attached hydrogens (tertiary/aromatic N) is 1. The highest BCUT2D eigenvalue weighted by molar-refractivity contribution is 5.87. The molecule has 0 aromatic heterocycles. The first kappa shape index (κ1) is 20.7. The molecule has 154 valence electrons. The molecule has 0 radical (unpaired) electrons. The molecule has 2 atom stereocenters. The van der Waals surface area contributed by atoms with Crippen LogP contribution >= 0.6 is 0 Å². The van der Waals surface area contributed by atoms with E-state index in [9.17, 15) is 9.59 Å². The number of hydrogen-bond acceptors (Lipinski definition) is 6. The molecule has 0 unspecified atom stereocenters. The molecule has 2 aromatic rings. The Morgan fingerprint density at radius 1 is 1.10 bits per heavy atom. The number of hydrogen-bond donors (Lipinski definition) is 1. The highest BCUT2D eigenvalue weighted by atomic mass is 16.5. The Bertz CT molecular complexity index is 881. The molecule has 7 heteroatoms. The van der Waals surface area contributed by atoms with Crippen molar-refractivity contribution in [3.8, 4) is 17.2 Å². The van der Waals surface area contributed by atoms with Crippen LogP contribution in [0.25, 0.3) is 0 Å². The summed E-state index contributed by atoms with van der Waals surface area (Å²) in [6, 6.07) is 11.8. The largest absolute Gasteiger partial charge is 0.493 e. The van der Waals surface area contributed by atoms with Crippen molar-refractivity contribution in [2.45, 2.75) is 24.9 Å². The van der Waals surface area contributed by atoms with Crippen LogP contribution in [0, 0.1) is 0 Å². The number of amides is 1. The van der Waals surface area contributed by atoms with Crippen molar-refractivity contribution in [1.29, 1.82) is 0 Å². The SMILES string of the molecule is CN[C@@H]1Cc2ccc(cc2)Oc2cc(ccc2OC)C[C@@H](C(=O)OC)N(C)C1=O. The molecule has 0 aliphatic carbocycles. The predicted octanol–water partition coefficient (Wildman–Crippen LogP) is 2.17. The fraction of sp³-hybridized carbons (Fsp3) is 0.364. The molecule has 2 aliphatic rings. The fourth-order valence-electron chi connectivity index (χ4n) is 3.43. The van der Waals surface area contributed by atoms with Gasteiger partial charge in [0.15, 0.2) is 11.5 Å². The van der Waals surface area contributed by atoms with Crippen LogP contribution < -0.4 is 14.8 Å². The van der Waals surface area contributed by atoms with E-state index in [-0.39, 0.29) is 5.91 Å². The first-order valence-corrected chi connectivity index (χ1v) is 9.42. The molecule has 2 aliphatic heterocycles. The summed E-state index contributed by atoms with van der Waals surface area (Å²) in [5.74, 6) is 1.15. The Balaban J connectivity index is 2.09. The van der Waals surface area contributed by atoms with Crippen molar-refractivity contribution in [3.63, 3.8) is 0 Å². The van der Waals surface area contributed by atoms with Crippen molar-refractivity contribution in [2.75, 3.05) is 28.3 Å². The lowest BCUT2D eigenvalue weighted by atomic mass is 10.0. The third-order valence-corrected chi connectivity index (χ3v) is 5.18. The Morgan fingerprint density at radius 3 is 2.41 bits per heavy atom. The van der Waals surface area contributed by atoms with Gasteiger partial charge in [-0.1, -0.05) is 18.2 Å². The zero-order valence-corrected chi connectivity index (χ0v) is 17.1. The van der Waals surface area contributed by atoms with E-state index in [0.717, 1.165) is 11.1 Å². The summed E-state index contributed by atoms with van der Waals surface area (Å²) in [6.07, 6.45) is 0.783. The molecular formula is C22H26N2O5. The second-order valence-corrected chi connectivity index (χ2v) is 6.97. The number of esters is 1. The van der Waals surface area contributed by atoms with Crippen molar-refractivity contribution in [2.24, 2.45) is 0 Å². The summed E-state index contributed by atoms with van der Waals surface area (Å²) in [5, 5.41) is 3.06. The first-order chi connectivity index (χ1) is 14.0. The van der Waals surface area contributed by atoms with E-state index < -0.39 is 18.1 Å². The molecule has 0 spiro atoms. The van der Waals surface area contributed by atoms with Gasteiger partial charge in [-0.25, -0.2) is 4.79 Å². The van der Waals surface area contributed by atoms with Gasteiger partial charge in [0.25, 0.3) is 0 Å². The molecule has 2 heterocycles. The number of methoxy groups -OCH3 is 2. The molecule has 4 rings (SSSR count). The second-order valence-electron chi connectivity index (χ2n) is 6.97. The number of nitrogens with one attached hydrogen (secondary N) is 1. The number of benzene rings is 2. The van der Waals surface area contributed by atoms with Gasteiger partial charge in [0, 0.05) is 13.5 Å². The maximum Gasteiger partial charge on any atom is 0.328 e. The molecule has 0 saturated carbocycles. The maximum absolute atomic E-state index is 13.1. The third kappa shape index (κ3) is 4.51. The van der Waals surface area contributed by atoms with Gasteiger partial charge in [0.2, 0.25) is 5.91 Å². The molecule has 0 saturated heterocycles. The van der Waals surface area contributed by atoms with E-state index in [2.05, 4.69) is 5.32 Å². The Hall–Kier alpha value is -3.06. The van der Waals surface area contributed by atoms with Crippen LogP contribution in [0.1, 0.15) is 11.1 Å². The number of rotatable bonds is 3. The lowest BCUT2D eigenvalue weighted by Gasteiger charge is -2.30. The Labute approximate surface area is 170 Å². The summed E-state index contributed by atoms with van der Waals surface area (Å²) in [4.78, 5) is 27.1. The van der Waals surface area contributed by atoms with Crippen LogP contribution in [0.15, 0.2) is 42.5 Å². The Morgan fingerprint density at radius 2 is 1.79 bits per heavy atom. The minimum Gasteiger partial charge on any atom is -0.493 e. The number of carbonyl (C=O) groups excluding carboxylic acids is 2. The molecule has 2 aromatic carbocycles. The molecule has 1 N–H and O–H groups in total. The van der Waals surface area contributed by atoms with Gasteiger partial charge in [-0.3, -0.25) is 4.79 Å². The van der Waals surface area contributed by atoms with Crippen LogP contribution in [0.5, 0.6) is 17.2 Å². The molecule has 29 heavy (non-hydrogen) atoms. The van der Waals surface area contributed by atoms with Crippen molar-refractivity contribution >= 4 is 11.9 Å². The topological polar surface area (TPSA) is 77.1 Å². The molecule has 4 bridgehead atoms. The van der Waals surface area contributed by atoms with E-state index in [1.54, 1.807) is 27.3 Å². The summed E-state index contributed by atoms with van der Waals surface area (Å²) in [5.41, 5.74) is 1.80. The minimum absolute atomic E-state index is 0.172. The Kier molecular flexibility index (Phi) is 6.39. The first-order valence-electron chi connectivity index (χ1n) is 9.42. The predicted molar refractivity (Wildman–Crippen MR) is 108 cm³/mol. The van der Waals surface area contributed by atoms with Gasteiger partial charge in [-0.15, -0.1) is 0 Å². The molecule has 1 amide bonds. The average molecular weight is 398 g/mol. The van der Waals surface area contributed by atoms with E-state index in [1.165, 1.54) is 12.0 Å². The van der Waals surface area contributed by atoms with Crippen LogP contribution in [0.3, 0.4) is 0 Å². The zero-order valence-electron chi connectivity index (χ0n) is 17.1. The van der Waals surface area contributed by atoms with Gasteiger partial charge in [-0.2, -0.15) is 0 Å². The highest BCUT2D eigenvalue weighted by Crippen LogP contribution is 2.33. The summed E-state index contributed by atoms with van der Waals surface area (Å²) < 4.78 is 16.4. The van der Waals surface area contributed by atoms with Crippen LogP contribution in [-0.4, -0.2) is 57.2 Å². The third-order valence-electron chi connectivity index (χ3n) is 5.18. The quantitative estimate of drug-likeness (QED) is 0.799. The lowest BCUT2D eigenvalue weighted by molar-refractivity contribution is -0.152. The zero-order chi connectivity index (χ0) is 21.0. The van der Waals surface area contributed by atoms with E-state index in [1.807, 2.05) is 36.4 Å². The van der Waals surface area contributed by atoms with Crippen molar-refractivity contribution < 1.29 is 23.8 Å². The standard InChI is InChI=1S/C22H26N2O5/c1-23-17-11-14-5-8-16(9-6-14)29-20-13-15(7-10-19(20)27-3)12-18(22(26)28-4)24(2)21(17)25/h5-10,13,17-18,23H,11-12H2,1-4H3/t17-,18+/m1/s1. The fourth-order valence-corrected chi connectivity index (χ4v) is 3.43. The minimum atomic E-state index is -0.756. The molecule has 0 fully saturated rings. The number of fused-ring (bicyclic) bond motifs is 7. The van der Waals surface area contributed by atoms with Crippen LogP contribution in [-0.2, 0) is 27.2 Å². The summed E-state index contributed by atoms with van der Waals surface area (Å²) in [6.45, 7) is 0. The van der Waals surface area contributed by atoms with Gasteiger partial charge in [0.1, 0.15) is 11.8 Å². The van der Waals surface area contributed by atoms with Gasteiger partial charge in [-0.05, 0) is 48.9 Å². The normalized spacial score (nSPS) is 19.3. The van der Waals surface area contributed by atoms with Gasteiger partial charge in [0.05, 0.1) is 20.3 Å². The molecule has 7 nitrogen and oxygen atoms in total. The lowest BCUT2D eigenvalue weighted by Crippen LogP contribution is -2.52. The van der Waals surface area contributed by atoms with Crippen LogP contribution in [0.4, 0.5) is 0 Å². The molecular weight excluding hydrogens is 372 g/mol. The number of likely N-dealkylation sites (N-methyl/N-ethyl adjacent to an activating group) is 2. The van der Waals surface area contributed by atoms with Crippen LogP contribution in [0.2, 0.25) is 0 Å². The van der Waals surface area contributed by atoms with E-state index in [4.69, 9.17) is 14.2 Å². The van der Waals surface area contributed by atoms with Crippen molar-refractivity contribution in [3.05, 3.63) is 53.6 Å². The van der Waals surface area contributed by atoms with E-state index in [0.29, 0.717) is 30.1 Å². The maximum atomic E-state index is 13.1. The van der Waals surface area contributed by atoms with Gasteiger partial charge < -0.3 is 24.4 Å². The van der Waals surface area contributed by atoms with Gasteiger partial charge >= 0.3 is 5.97 Å². The number of carbonyl (C=O) groups is 2. The summed E-state index contributed by atoms with van der Waals surface area (Å²) in [7, 11) is 6.26.